The van der Waals surface area contributed by atoms with Gasteiger partial charge in [-0.15, -0.1) is 0 Å². The molecular weight excluding hydrogens is 422 g/mol. The molecule has 5 heteroatoms. The minimum atomic E-state index is 0.442. The van der Waals surface area contributed by atoms with Crippen molar-refractivity contribution >= 4 is 22.9 Å². The van der Waals surface area contributed by atoms with Crippen LogP contribution in [0.2, 0.25) is 0 Å². The van der Waals surface area contributed by atoms with Crippen LogP contribution in [0.25, 0.3) is 10.9 Å². The molecule has 0 amide bonds. The van der Waals surface area contributed by atoms with Gasteiger partial charge in [-0.2, -0.15) is 0 Å². The summed E-state index contributed by atoms with van der Waals surface area (Å²) < 4.78 is 6.10. The van der Waals surface area contributed by atoms with Gasteiger partial charge >= 0.3 is 0 Å². The van der Waals surface area contributed by atoms with Crippen LogP contribution in [0, 0.1) is 0 Å². The topological polar surface area (TPSA) is 45.7 Å². The Hall–Kier alpha value is -2.92. The lowest BCUT2D eigenvalue weighted by molar-refractivity contribution is -0.106. The highest BCUT2D eigenvalue weighted by atomic mass is 16.5. The van der Waals surface area contributed by atoms with E-state index in [2.05, 4.69) is 52.0 Å². The summed E-state index contributed by atoms with van der Waals surface area (Å²) in [5.74, 6) is 1.34. The van der Waals surface area contributed by atoms with Gasteiger partial charge in [0.15, 0.2) is 0 Å². The monoisotopic (exact) mass is 459 g/mol. The molecule has 5 rings (SSSR count). The zero-order chi connectivity index (χ0) is 23.9. The van der Waals surface area contributed by atoms with Gasteiger partial charge < -0.3 is 19.3 Å². The maximum Gasteiger partial charge on any atom is 0.145 e. The highest BCUT2D eigenvalue weighted by Gasteiger charge is 2.42. The van der Waals surface area contributed by atoms with Crippen molar-refractivity contribution in [1.82, 2.24) is 9.88 Å². The van der Waals surface area contributed by atoms with Crippen molar-refractivity contribution in [2.75, 3.05) is 37.7 Å². The van der Waals surface area contributed by atoms with Gasteiger partial charge in [0.2, 0.25) is 0 Å². The second-order valence-electron chi connectivity index (χ2n) is 8.82. The highest BCUT2D eigenvalue weighted by Crippen LogP contribution is 2.46. The van der Waals surface area contributed by atoms with Gasteiger partial charge in [0.05, 0.1) is 13.2 Å². The molecule has 2 unspecified atom stereocenters. The van der Waals surface area contributed by atoms with Crippen LogP contribution in [0.1, 0.15) is 50.7 Å². The molecule has 0 bridgehead atoms. The standard InChI is InChI=1S/C27H31N3O2.C2H6/c1-2-20-7-3-10-22-23-19-29(15-12-24(23)30(16-17-31)27(20)22)14-6-18-32-25-11-4-8-21-9-5-13-28-26(21)25;1-2/h3-5,7-11,13,17,23-24H,2,6,12,14-16,18-19H2,1H3;1-2H3. The molecule has 0 N–H and O–H groups in total. The number of benzene rings is 2. The van der Waals surface area contributed by atoms with Crippen molar-refractivity contribution in [3.63, 3.8) is 0 Å². The van der Waals surface area contributed by atoms with E-state index in [1.807, 2.05) is 38.2 Å². The van der Waals surface area contributed by atoms with Crippen molar-refractivity contribution in [3.8, 4) is 5.75 Å². The fraction of sp³-hybridized carbons (Fsp3) is 0.448. The summed E-state index contributed by atoms with van der Waals surface area (Å²) in [6.45, 7) is 10.5. The fourth-order valence-electron chi connectivity index (χ4n) is 5.57. The van der Waals surface area contributed by atoms with Crippen LogP contribution in [0.4, 0.5) is 5.69 Å². The third-order valence-corrected chi connectivity index (χ3v) is 7.02. The Bertz CT molecular complexity index is 1090. The van der Waals surface area contributed by atoms with Crippen LogP contribution in [-0.2, 0) is 11.2 Å². The molecule has 2 aliphatic rings. The molecule has 2 aliphatic heterocycles. The SMILES string of the molecule is CC.CCc1cccc2c1N(CC=O)C1CCN(CCCOc3cccc4cccnc34)CC21. The lowest BCUT2D eigenvalue weighted by Crippen LogP contribution is -2.47. The minimum Gasteiger partial charge on any atom is -0.491 e. The van der Waals surface area contributed by atoms with E-state index in [1.54, 1.807) is 0 Å². The predicted octanol–water partition coefficient (Wildman–Crippen LogP) is 5.47. The number of aldehydes is 1. The van der Waals surface area contributed by atoms with Gasteiger partial charge in [-0.25, -0.2) is 0 Å². The van der Waals surface area contributed by atoms with E-state index in [4.69, 9.17) is 4.74 Å². The molecule has 3 aromatic rings. The van der Waals surface area contributed by atoms with Crippen LogP contribution in [0.15, 0.2) is 54.7 Å². The number of anilines is 1. The molecule has 180 valence electrons. The number of carbonyl (C=O) groups excluding carboxylic acids is 1. The number of aryl methyl sites for hydroxylation is 1. The largest absolute Gasteiger partial charge is 0.491 e. The molecular formula is C29H37N3O2. The molecule has 0 saturated carbocycles. The summed E-state index contributed by atoms with van der Waals surface area (Å²) in [5.41, 5.74) is 5.05. The average molecular weight is 460 g/mol. The number of piperidine rings is 1. The first kappa shape index (κ1) is 24.2. The van der Waals surface area contributed by atoms with Gasteiger partial charge in [-0.3, -0.25) is 4.98 Å². The van der Waals surface area contributed by atoms with Crippen LogP contribution in [0.3, 0.4) is 0 Å². The first-order chi connectivity index (χ1) is 16.8. The molecule has 0 spiro atoms. The molecule has 2 aromatic carbocycles. The summed E-state index contributed by atoms with van der Waals surface area (Å²) in [5, 5.41) is 1.11. The van der Waals surface area contributed by atoms with Crippen LogP contribution < -0.4 is 9.64 Å². The summed E-state index contributed by atoms with van der Waals surface area (Å²) in [4.78, 5) is 20.8. The number of hydrogen-bond acceptors (Lipinski definition) is 5. The number of carbonyl (C=O) groups is 1. The first-order valence-corrected chi connectivity index (χ1v) is 12.8. The molecule has 0 radical (unpaired) electrons. The Kier molecular flexibility index (Phi) is 8.17. The number of para-hydroxylation sites is 2. The van der Waals surface area contributed by atoms with Crippen LogP contribution >= 0.6 is 0 Å². The highest BCUT2D eigenvalue weighted by molar-refractivity contribution is 5.84. The smallest absolute Gasteiger partial charge is 0.145 e. The van der Waals surface area contributed by atoms with Crippen molar-refractivity contribution in [1.29, 1.82) is 0 Å². The van der Waals surface area contributed by atoms with E-state index in [0.717, 1.165) is 61.8 Å². The quantitative estimate of drug-likeness (QED) is 0.330. The summed E-state index contributed by atoms with van der Waals surface area (Å²) in [6.07, 6.45) is 5.97. The third kappa shape index (κ3) is 4.80. The lowest BCUT2D eigenvalue weighted by atomic mass is 9.88. The Morgan fingerprint density at radius 3 is 2.76 bits per heavy atom. The zero-order valence-electron chi connectivity index (χ0n) is 20.7. The molecule has 3 heterocycles. The third-order valence-electron chi connectivity index (χ3n) is 7.02. The summed E-state index contributed by atoms with van der Waals surface area (Å²) in [6, 6.07) is 17.2. The Labute approximate surface area is 203 Å². The van der Waals surface area contributed by atoms with Gasteiger partial charge in [-0.1, -0.05) is 57.2 Å². The predicted molar refractivity (Wildman–Crippen MR) is 140 cm³/mol. The number of fused-ring (bicyclic) bond motifs is 4. The number of aromatic nitrogens is 1. The first-order valence-electron chi connectivity index (χ1n) is 12.8. The Balaban J connectivity index is 0.00000133. The van der Waals surface area contributed by atoms with E-state index < -0.39 is 0 Å². The summed E-state index contributed by atoms with van der Waals surface area (Å²) >= 11 is 0. The molecule has 1 fully saturated rings. The van der Waals surface area contributed by atoms with Gasteiger partial charge in [-0.05, 0) is 42.5 Å². The van der Waals surface area contributed by atoms with Gasteiger partial charge in [0.25, 0.3) is 0 Å². The maximum atomic E-state index is 11.4. The molecule has 0 aliphatic carbocycles. The number of nitrogens with zero attached hydrogens (tertiary/aromatic N) is 3. The van der Waals surface area contributed by atoms with Crippen molar-refractivity contribution in [2.45, 2.75) is 52.0 Å². The van der Waals surface area contributed by atoms with Gasteiger partial charge in [0.1, 0.15) is 17.6 Å². The average Bonchev–Trinajstić information content (AvgIpc) is 3.21. The fourth-order valence-corrected chi connectivity index (χ4v) is 5.57. The zero-order valence-corrected chi connectivity index (χ0v) is 20.7. The number of hydrogen-bond donors (Lipinski definition) is 0. The number of ether oxygens (including phenoxy) is 1. The lowest BCUT2D eigenvalue weighted by Gasteiger charge is -2.38. The molecule has 34 heavy (non-hydrogen) atoms. The molecule has 2 atom stereocenters. The van der Waals surface area contributed by atoms with E-state index in [0.29, 0.717) is 25.1 Å². The van der Waals surface area contributed by atoms with Crippen molar-refractivity contribution in [2.24, 2.45) is 0 Å². The van der Waals surface area contributed by atoms with E-state index >= 15 is 0 Å². The summed E-state index contributed by atoms with van der Waals surface area (Å²) in [7, 11) is 0. The van der Waals surface area contributed by atoms with Gasteiger partial charge in [0, 0.05) is 48.9 Å². The number of rotatable bonds is 8. The van der Waals surface area contributed by atoms with Crippen molar-refractivity contribution < 1.29 is 9.53 Å². The Morgan fingerprint density at radius 1 is 1.12 bits per heavy atom. The molecule has 5 nitrogen and oxygen atoms in total. The number of likely N-dealkylation sites (tertiary alicyclic amines) is 1. The van der Waals surface area contributed by atoms with Crippen LogP contribution in [0.5, 0.6) is 5.75 Å². The second-order valence-corrected chi connectivity index (χ2v) is 8.82. The normalized spacial score (nSPS) is 19.2. The minimum absolute atomic E-state index is 0.442. The van der Waals surface area contributed by atoms with Crippen LogP contribution in [-0.4, -0.2) is 55.0 Å². The Morgan fingerprint density at radius 2 is 1.94 bits per heavy atom. The second kappa shape index (κ2) is 11.5. The maximum absolute atomic E-state index is 11.4. The molecule has 1 aromatic heterocycles. The van der Waals surface area contributed by atoms with Crippen molar-refractivity contribution in [3.05, 3.63) is 65.9 Å². The van der Waals surface area contributed by atoms with E-state index in [1.165, 1.54) is 16.8 Å². The van der Waals surface area contributed by atoms with E-state index in [9.17, 15) is 4.79 Å². The number of pyridine rings is 1. The molecule has 1 saturated heterocycles. The van der Waals surface area contributed by atoms with E-state index in [-0.39, 0.29) is 0 Å².